The molecule has 0 aromatic heterocycles. The zero-order chi connectivity index (χ0) is 42.3. The average molecular weight is 818 g/mol. The smallest absolute Gasteiger partial charge is 0.222 e. The highest BCUT2D eigenvalue weighted by Gasteiger charge is 2.20. The lowest BCUT2D eigenvalue weighted by Crippen LogP contribution is -2.45. The van der Waals surface area contributed by atoms with Gasteiger partial charge in [-0.25, -0.2) is 0 Å². The van der Waals surface area contributed by atoms with Crippen LogP contribution in [-0.2, 0) is 4.79 Å². The van der Waals surface area contributed by atoms with Crippen LogP contribution < -0.4 is 5.32 Å². The van der Waals surface area contributed by atoms with Crippen LogP contribution in [0.3, 0.4) is 0 Å². The second-order valence-corrected chi connectivity index (χ2v) is 18.1. The van der Waals surface area contributed by atoms with Gasteiger partial charge < -0.3 is 20.6 Å². The van der Waals surface area contributed by atoms with Gasteiger partial charge in [-0.2, -0.15) is 0 Å². The molecular weight excluding hydrogens is 715 g/mol. The average Bonchev–Trinajstić information content (AvgIpc) is 3.22. The predicted octanol–water partition coefficient (Wildman–Crippen LogP) is 15.7. The van der Waals surface area contributed by atoms with Crippen LogP contribution in [0, 0.1) is 0 Å². The Morgan fingerprint density at radius 3 is 1.10 bits per heavy atom. The Morgan fingerprint density at radius 1 is 0.431 bits per heavy atom. The Balaban J connectivity index is 3.62. The number of aliphatic hydroxyl groups excluding tert-OH is 3. The van der Waals surface area contributed by atoms with E-state index in [9.17, 15) is 20.1 Å². The molecule has 0 saturated heterocycles. The maximum Gasteiger partial charge on any atom is 0.222 e. The molecule has 344 valence electrons. The van der Waals surface area contributed by atoms with Gasteiger partial charge in [-0.3, -0.25) is 4.79 Å². The van der Waals surface area contributed by atoms with E-state index in [0.29, 0.717) is 6.42 Å². The van der Waals surface area contributed by atoms with E-state index in [-0.39, 0.29) is 18.9 Å². The Labute approximate surface area is 362 Å². The molecule has 0 heterocycles. The lowest BCUT2D eigenvalue weighted by atomic mass is 10.0. The molecule has 0 aliphatic heterocycles. The van der Waals surface area contributed by atoms with Crippen LogP contribution in [0.25, 0.3) is 0 Å². The molecule has 0 radical (unpaired) electrons. The summed E-state index contributed by atoms with van der Waals surface area (Å²) in [7, 11) is 0. The quantitative estimate of drug-likeness (QED) is 0.0364. The van der Waals surface area contributed by atoms with Crippen LogP contribution >= 0.6 is 0 Å². The topological polar surface area (TPSA) is 89.8 Å². The molecule has 1 amide bonds. The molecular formula is C53H103NO4. The fraction of sp³-hybridized carbons (Fsp3) is 0.906. The molecule has 3 atom stereocenters. The van der Waals surface area contributed by atoms with Gasteiger partial charge in [0.1, 0.15) is 0 Å². The molecule has 3 unspecified atom stereocenters. The van der Waals surface area contributed by atoms with Crippen molar-refractivity contribution in [2.75, 3.05) is 6.61 Å². The highest BCUT2D eigenvalue weighted by molar-refractivity contribution is 5.76. The summed E-state index contributed by atoms with van der Waals surface area (Å²) < 4.78 is 0. The first-order valence-corrected chi connectivity index (χ1v) is 26.1. The summed E-state index contributed by atoms with van der Waals surface area (Å²) in [5, 5.41) is 33.4. The van der Waals surface area contributed by atoms with Crippen LogP contribution in [0.2, 0.25) is 0 Å². The van der Waals surface area contributed by atoms with Crippen molar-refractivity contribution in [3.8, 4) is 0 Å². The maximum absolute atomic E-state index is 12.5. The molecule has 5 heteroatoms. The van der Waals surface area contributed by atoms with Crippen molar-refractivity contribution in [3.63, 3.8) is 0 Å². The third-order valence-electron chi connectivity index (χ3n) is 12.2. The van der Waals surface area contributed by atoms with Crippen LogP contribution in [0.4, 0.5) is 0 Å². The van der Waals surface area contributed by atoms with Gasteiger partial charge >= 0.3 is 0 Å². The zero-order valence-corrected chi connectivity index (χ0v) is 39.2. The van der Waals surface area contributed by atoms with Gasteiger partial charge in [0.25, 0.3) is 0 Å². The molecule has 0 spiro atoms. The molecule has 58 heavy (non-hydrogen) atoms. The van der Waals surface area contributed by atoms with Crippen molar-refractivity contribution in [2.24, 2.45) is 0 Å². The molecule has 0 aromatic rings. The second-order valence-electron chi connectivity index (χ2n) is 18.1. The minimum atomic E-state index is -0.950. The van der Waals surface area contributed by atoms with E-state index in [2.05, 4.69) is 31.3 Å². The summed E-state index contributed by atoms with van der Waals surface area (Å²) in [4.78, 5) is 12.5. The predicted molar refractivity (Wildman–Crippen MR) is 255 cm³/mol. The standard InChI is InChI=1S/C53H103NO4/c1-3-5-7-9-11-13-15-17-19-21-23-24-25-26-27-29-31-33-35-37-39-41-43-45-47-52(57)51(49-55)54-53(58)48-50(56)46-44-42-40-38-36-34-32-30-28-22-20-18-16-14-12-10-8-6-4-2/h37,39,45,47,50-52,55-57H,3-36,38,40-44,46,48-49H2,1-2H3,(H,54,58)/b39-37+,47-45+. The van der Waals surface area contributed by atoms with Crippen LogP contribution in [0.5, 0.6) is 0 Å². The number of nitrogens with one attached hydrogen (secondary N) is 1. The number of allylic oxidation sites excluding steroid dienone is 3. The van der Waals surface area contributed by atoms with Gasteiger partial charge in [-0.15, -0.1) is 0 Å². The van der Waals surface area contributed by atoms with Gasteiger partial charge in [0, 0.05) is 0 Å². The molecule has 0 bridgehead atoms. The highest BCUT2D eigenvalue weighted by atomic mass is 16.3. The SMILES string of the molecule is CCCCCCCCCCCCCCCCCCCC/C=C/CC/C=C/C(O)C(CO)NC(=O)CC(O)CCCCCCCCCCCCCCCCCCCCC. The van der Waals surface area contributed by atoms with E-state index in [1.165, 1.54) is 225 Å². The molecule has 5 nitrogen and oxygen atoms in total. The fourth-order valence-electron chi connectivity index (χ4n) is 8.24. The minimum absolute atomic E-state index is 0.0102. The third kappa shape index (κ3) is 44.4. The van der Waals surface area contributed by atoms with Gasteiger partial charge in [0.05, 0.1) is 31.3 Å². The summed E-state index contributed by atoms with van der Waals surface area (Å²) in [5.74, 6) is -0.320. The lowest BCUT2D eigenvalue weighted by Gasteiger charge is -2.21. The van der Waals surface area contributed by atoms with Crippen LogP contribution in [-0.4, -0.2) is 46.1 Å². The number of amides is 1. The summed E-state index contributed by atoms with van der Waals surface area (Å²) in [5.41, 5.74) is 0. The monoisotopic (exact) mass is 818 g/mol. The zero-order valence-electron chi connectivity index (χ0n) is 39.2. The first-order valence-electron chi connectivity index (χ1n) is 26.1. The molecule has 0 aromatic carbocycles. The summed E-state index contributed by atoms with van der Waals surface area (Å²) in [6.45, 7) is 4.23. The largest absolute Gasteiger partial charge is 0.394 e. The number of unbranched alkanes of at least 4 members (excludes halogenated alkanes) is 37. The second kappa shape index (κ2) is 48.5. The molecule has 0 aliphatic carbocycles. The summed E-state index contributed by atoms with van der Waals surface area (Å²) in [6, 6.07) is -0.758. The Morgan fingerprint density at radius 2 is 0.741 bits per heavy atom. The Kier molecular flexibility index (Phi) is 47.5. The van der Waals surface area contributed by atoms with E-state index in [0.717, 1.165) is 32.1 Å². The maximum atomic E-state index is 12.5. The molecule has 0 fully saturated rings. The van der Waals surface area contributed by atoms with E-state index in [1.54, 1.807) is 6.08 Å². The van der Waals surface area contributed by atoms with Crippen molar-refractivity contribution < 1.29 is 20.1 Å². The molecule has 0 aliphatic rings. The Bertz CT molecular complexity index is 859. The first kappa shape index (κ1) is 56.8. The van der Waals surface area contributed by atoms with Gasteiger partial charge in [0.2, 0.25) is 5.91 Å². The van der Waals surface area contributed by atoms with E-state index < -0.39 is 18.2 Å². The van der Waals surface area contributed by atoms with E-state index >= 15 is 0 Å². The summed E-state index contributed by atoms with van der Waals surface area (Å²) in [6.07, 6.45) is 60.7. The van der Waals surface area contributed by atoms with Gasteiger partial charge in [0.15, 0.2) is 0 Å². The van der Waals surface area contributed by atoms with Crippen molar-refractivity contribution in [1.29, 1.82) is 0 Å². The number of aliphatic hydroxyl groups is 3. The van der Waals surface area contributed by atoms with E-state index in [4.69, 9.17) is 0 Å². The lowest BCUT2D eigenvalue weighted by molar-refractivity contribution is -0.124. The van der Waals surface area contributed by atoms with Crippen LogP contribution in [0.15, 0.2) is 24.3 Å². The molecule has 0 rings (SSSR count). The fourth-order valence-corrected chi connectivity index (χ4v) is 8.24. The normalized spacial score (nSPS) is 13.5. The number of carbonyl (C=O) groups is 1. The highest BCUT2D eigenvalue weighted by Crippen LogP contribution is 2.17. The number of hydrogen-bond donors (Lipinski definition) is 4. The Hall–Kier alpha value is -1.17. The minimum Gasteiger partial charge on any atom is -0.394 e. The first-order chi connectivity index (χ1) is 28.5. The molecule has 0 saturated carbocycles. The van der Waals surface area contributed by atoms with Crippen molar-refractivity contribution in [3.05, 3.63) is 24.3 Å². The third-order valence-corrected chi connectivity index (χ3v) is 12.2. The summed E-state index contributed by atoms with van der Waals surface area (Å²) >= 11 is 0. The van der Waals surface area contributed by atoms with E-state index in [1.807, 2.05) is 6.08 Å². The van der Waals surface area contributed by atoms with Crippen LogP contribution in [0.1, 0.15) is 284 Å². The molecule has 4 N–H and O–H groups in total. The number of hydrogen-bond acceptors (Lipinski definition) is 4. The van der Waals surface area contributed by atoms with Gasteiger partial charge in [-0.1, -0.05) is 269 Å². The number of rotatable bonds is 48. The van der Waals surface area contributed by atoms with Crippen molar-refractivity contribution >= 4 is 5.91 Å². The number of carbonyl (C=O) groups excluding carboxylic acids is 1. The van der Waals surface area contributed by atoms with Crippen molar-refractivity contribution in [2.45, 2.75) is 302 Å². The van der Waals surface area contributed by atoms with Crippen molar-refractivity contribution in [1.82, 2.24) is 5.32 Å². The van der Waals surface area contributed by atoms with Gasteiger partial charge in [-0.05, 0) is 32.1 Å².